The third kappa shape index (κ3) is 2.59. The van der Waals surface area contributed by atoms with Crippen LogP contribution in [0.1, 0.15) is 11.1 Å². The Labute approximate surface area is 137 Å². The van der Waals surface area contributed by atoms with Crippen LogP contribution in [0.3, 0.4) is 0 Å². The highest BCUT2D eigenvalue weighted by molar-refractivity contribution is 9.10. The van der Waals surface area contributed by atoms with Crippen molar-refractivity contribution in [1.82, 2.24) is 9.97 Å². The predicted molar refractivity (Wildman–Crippen MR) is 82.0 cm³/mol. The van der Waals surface area contributed by atoms with Crippen LogP contribution in [0.25, 0.3) is 22.2 Å². The normalized spacial score (nSPS) is 11.3. The number of fused-ring (bicyclic) bond motifs is 1. The molecule has 2 aromatic heterocycles. The zero-order valence-electron chi connectivity index (χ0n) is 12.0. The van der Waals surface area contributed by atoms with Crippen molar-refractivity contribution < 1.29 is 17.6 Å². The van der Waals surface area contributed by atoms with Gasteiger partial charge in [-0.1, -0.05) is 15.9 Å². The second-order valence-corrected chi connectivity index (χ2v) is 5.99. The maximum Gasteiger partial charge on any atom is 0.250 e. The molecule has 0 spiro atoms. The molecule has 7 heteroatoms. The molecule has 0 unspecified atom stereocenters. The molecule has 0 atom stereocenters. The molecule has 0 radical (unpaired) electrons. The molecular formula is C16H9BrF4N2. The van der Waals surface area contributed by atoms with Crippen molar-refractivity contribution in [2.75, 3.05) is 0 Å². The Balaban J connectivity index is 2.48. The molecule has 0 saturated carbocycles. The minimum absolute atomic E-state index is 0.229. The van der Waals surface area contributed by atoms with Gasteiger partial charge in [0, 0.05) is 10.5 Å². The standard InChI is InChI=1S/C16H9BrF4N2/c1-6-4-9(17)7(2)3-8(6)12-13(19)16(21)22-11-5-10(18)15(20)23-14(11)12/h3-5H,1-2H3. The van der Waals surface area contributed by atoms with Crippen molar-refractivity contribution >= 4 is 27.0 Å². The first kappa shape index (κ1) is 15.9. The van der Waals surface area contributed by atoms with Crippen LogP contribution >= 0.6 is 15.9 Å². The van der Waals surface area contributed by atoms with Gasteiger partial charge in [-0.2, -0.15) is 8.78 Å². The Morgan fingerprint density at radius 1 is 0.870 bits per heavy atom. The number of benzene rings is 1. The first-order chi connectivity index (χ1) is 10.8. The Morgan fingerprint density at radius 3 is 2.26 bits per heavy atom. The van der Waals surface area contributed by atoms with E-state index in [-0.39, 0.29) is 16.6 Å². The third-order valence-electron chi connectivity index (χ3n) is 3.54. The van der Waals surface area contributed by atoms with Gasteiger partial charge in [-0.25, -0.2) is 18.7 Å². The second kappa shape index (κ2) is 5.56. The minimum Gasteiger partial charge on any atom is -0.215 e. The van der Waals surface area contributed by atoms with Gasteiger partial charge in [-0.05, 0) is 42.7 Å². The molecule has 0 aliphatic carbocycles. The maximum absolute atomic E-state index is 14.4. The van der Waals surface area contributed by atoms with Crippen LogP contribution < -0.4 is 0 Å². The SMILES string of the molecule is Cc1cc(-c2c(F)c(F)nc3cc(F)c(F)nc23)c(C)cc1Br. The van der Waals surface area contributed by atoms with E-state index in [0.29, 0.717) is 17.2 Å². The number of hydrogen-bond acceptors (Lipinski definition) is 2. The Morgan fingerprint density at radius 2 is 1.57 bits per heavy atom. The molecule has 0 aliphatic heterocycles. The molecule has 0 N–H and O–H groups in total. The summed E-state index contributed by atoms with van der Waals surface area (Å²) in [6.45, 7) is 3.47. The van der Waals surface area contributed by atoms with Crippen molar-refractivity contribution in [1.29, 1.82) is 0 Å². The molecule has 0 amide bonds. The van der Waals surface area contributed by atoms with Crippen LogP contribution in [0.4, 0.5) is 17.6 Å². The lowest BCUT2D eigenvalue weighted by Crippen LogP contribution is -2.02. The summed E-state index contributed by atoms with van der Waals surface area (Å²) in [5.41, 5.74) is 1.02. The lowest BCUT2D eigenvalue weighted by atomic mass is 9.97. The summed E-state index contributed by atoms with van der Waals surface area (Å²) in [5, 5.41) is 0. The molecule has 23 heavy (non-hydrogen) atoms. The van der Waals surface area contributed by atoms with E-state index < -0.39 is 23.5 Å². The first-order valence-corrected chi connectivity index (χ1v) is 7.36. The van der Waals surface area contributed by atoms with E-state index in [9.17, 15) is 17.6 Å². The van der Waals surface area contributed by atoms with Gasteiger partial charge in [-0.15, -0.1) is 0 Å². The molecule has 2 nitrogen and oxygen atoms in total. The second-order valence-electron chi connectivity index (χ2n) is 5.14. The van der Waals surface area contributed by atoms with E-state index in [1.165, 1.54) is 0 Å². The monoisotopic (exact) mass is 384 g/mol. The topological polar surface area (TPSA) is 25.8 Å². The van der Waals surface area contributed by atoms with E-state index in [0.717, 1.165) is 10.0 Å². The molecule has 3 aromatic rings. The van der Waals surface area contributed by atoms with E-state index in [4.69, 9.17) is 0 Å². The van der Waals surface area contributed by atoms with Gasteiger partial charge < -0.3 is 0 Å². The summed E-state index contributed by atoms with van der Waals surface area (Å²) in [6.07, 6.45) is 0. The zero-order chi connectivity index (χ0) is 16.9. The fourth-order valence-corrected chi connectivity index (χ4v) is 2.84. The largest absolute Gasteiger partial charge is 0.250 e. The van der Waals surface area contributed by atoms with Gasteiger partial charge in [-0.3, -0.25) is 0 Å². The summed E-state index contributed by atoms with van der Waals surface area (Å²) < 4.78 is 55.7. The molecule has 118 valence electrons. The van der Waals surface area contributed by atoms with E-state index >= 15 is 0 Å². The van der Waals surface area contributed by atoms with Crippen LogP contribution in [0.15, 0.2) is 22.7 Å². The van der Waals surface area contributed by atoms with Gasteiger partial charge in [0.05, 0.1) is 11.1 Å². The van der Waals surface area contributed by atoms with Crippen LogP contribution in [-0.4, -0.2) is 9.97 Å². The number of nitrogens with zero attached hydrogens (tertiary/aromatic N) is 2. The fraction of sp³-hybridized carbons (Fsp3) is 0.125. The minimum atomic E-state index is -1.39. The average Bonchev–Trinajstić information content (AvgIpc) is 2.47. The maximum atomic E-state index is 14.4. The van der Waals surface area contributed by atoms with Gasteiger partial charge in [0.15, 0.2) is 11.6 Å². The summed E-state index contributed by atoms with van der Waals surface area (Å²) in [4.78, 5) is 6.74. The molecule has 2 heterocycles. The van der Waals surface area contributed by atoms with Crippen molar-refractivity contribution in [3.8, 4) is 11.1 Å². The van der Waals surface area contributed by atoms with Gasteiger partial charge in [0.1, 0.15) is 5.52 Å². The zero-order valence-corrected chi connectivity index (χ0v) is 13.6. The van der Waals surface area contributed by atoms with Crippen LogP contribution in [-0.2, 0) is 0 Å². The van der Waals surface area contributed by atoms with E-state index in [2.05, 4.69) is 25.9 Å². The number of halogens is 5. The highest BCUT2D eigenvalue weighted by atomic mass is 79.9. The average molecular weight is 385 g/mol. The van der Waals surface area contributed by atoms with Crippen LogP contribution in [0, 0.1) is 37.4 Å². The Hall–Kier alpha value is -2.02. The molecule has 0 saturated heterocycles. The molecule has 0 fully saturated rings. The number of hydrogen-bond donors (Lipinski definition) is 0. The molecule has 0 bridgehead atoms. The number of aryl methyl sites for hydroxylation is 2. The van der Waals surface area contributed by atoms with Crippen molar-refractivity contribution in [3.05, 3.63) is 57.3 Å². The quantitative estimate of drug-likeness (QED) is 0.423. The number of pyridine rings is 2. The summed E-state index contributed by atoms with van der Waals surface area (Å²) in [7, 11) is 0. The lowest BCUT2D eigenvalue weighted by Gasteiger charge is -2.13. The van der Waals surface area contributed by atoms with Crippen molar-refractivity contribution in [2.45, 2.75) is 13.8 Å². The summed E-state index contributed by atoms with van der Waals surface area (Å²) in [6, 6.07) is 4.05. The van der Waals surface area contributed by atoms with E-state index in [1.54, 1.807) is 26.0 Å². The highest BCUT2D eigenvalue weighted by Crippen LogP contribution is 2.35. The number of rotatable bonds is 1. The van der Waals surface area contributed by atoms with Crippen LogP contribution in [0.5, 0.6) is 0 Å². The fourth-order valence-electron chi connectivity index (χ4n) is 2.38. The molecule has 1 aromatic carbocycles. The van der Waals surface area contributed by atoms with Gasteiger partial charge in [0.2, 0.25) is 11.9 Å². The van der Waals surface area contributed by atoms with E-state index in [1.807, 2.05) is 0 Å². The molecular weight excluding hydrogens is 376 g/mol. The Kier molecular flexibility index (Phi) is 3.83. The smallest absolute Gasteiger partial charge is 0.215 e. The van der Waals surface area contributed by atoms with Crippen LogP contribution in [0.2, 0.25) is 0 Å². The number of aromatic nitrogens is 2. The van der Waals surface area contributed by atoms with Crippen molar-refractivity contribution in [3.63, 3.8) is 0 Å². The van der Waals surface area contributed by atoms with Gasteiger partial charge in [0.25, 0.3) is 0 Å². The van der Waals surface area contributed by atoms with Gasteiger partial charge >= 0.3 is 0 Å². The third-order valence-corrected chi connectivity index (χ3v) is 4.40. The molecule has 0 aliphatic rings. The summed E-state index contributed by atoms with van der Waals surface area (Å²) in [5.74, 6) is -5.30. The summed E-state index contributed by atoms with van der Waals surface area (Å²) >= 11 is 3.35. The van der Waals surface area contributed by atoms with Crippen molar-refractivity contribution in [2.24, 2.45) is 0 Å². The lowest BCUT2D eigenvalue weighted by molar-refractivity contribution is 0.475. The Bertz CT molecular complexity index is 952. The first-order valence-electron chi connectivity index (χ1n) is 6.57. The predicted octanol–water partition coefficient (Wildman–Crippen LogP) is 5.23. The molecule has 3 rings (SSSR count). The highest BCUT2D eigenvalue weighted by Gasteiger charge is 2.21.